The Bertz CT molecular complexity index is 528. The molecular weight excluding hydrogens is 276 g/mol. The van der Waals surface area contributed by atoms with Crippen LogP contribution >= 0.6 is 0 Å². The fourth-order valence-corrected chi connectivity index (χ4v) is 4.04. The lowest BCUT2D eigenvalue weighted by Crippen LogP contribution is -2.29. The minimum absolute atomic E-state index is 0.134. The minimum atomic E-state index is 0.134. The second-order valence-corrected chi connectivity index (χ2v) is 7.66. The van der Waals surface area contributed by atoms with Gasteiger partial charge >= 0.3 is 0 Å². The van der Waals surface area contributed by atoms with Crippen LogP contribution in [0.2, 0.25) is 0 Å². The molecule has 0 heterocycles. The van der Waals surface area contributed by atoms with E-state index in [1.807, 2.05) is 0 Å². The molecule has 0 unspecified atom stereocenters. The summed E-state index contributed by atoms with van der Waals surface area (Å²) < 4.78 is 0. The maximum absolute atomic E-state index is 2.52. The normalized spacial score (nSPS) is 23.8. The van der Waals surface area contributed by atoms with Gasteiger partial charge in [-0.3, -0.25) is 0 Å². The molecule has 0 aliphatic heterocycles. The Balaban J connectivity index is 2.52. The molecule has 0 atom stereocenters. The van der Waals surface area contributed by atoms with Crippen LogP contribution in [0.4, 0.5) is 0 Å². The predicted molar refractivity (Wildman–Crippen MR) is 103 cm³/mol. The topological polar surface area (TPSA) is 0 Å². The van der Waals surface area contributed by atoms with Crippen molar-refractivity contribution in [1.82, 2.24) is 0 Å². The molecule has 23 heavy (non-hydrogen) atoms. The first-order chi connectivity index (χ1) is 11.0. The Morgan fingerprint density at radius 2 is 1.78 bits per heavy atom. The number of rotatable bonds is 5. The van der Waals surface area contributed by atoms with Crippen molar-refractivity contribution in [2.75, 3.05) is 0 Å². The van der Waals surface area contributed by atoms with E-state index in [-0.39, 0.29) is 10.8 Å². The molecule has 0 aromatic heterocycles. The van der Waals surface area contributed by atoms with E-state index < -0.39 is 0 Å². The van der Waals surface area contributed by atoms with Gasteiger partial charge in [-0.1, -0.05) is 95.6 Å². The molecule has 0 nitrogen and oxygen atoms in total. The highest BCUT2D eigenvalue weighted by Crippen LogP contribution is 2.50. The highest BCUT2D eigenvalue weighted by Gasteiger charge is 2.38. The Morgan fingerprint density at radius 1 is 1.04 bits per heavy atom. The monoisotopic (exact) mass is 310 g/mol. The second kappa shape index (κ2) is 7.99. The van der Waals surface area contributed by atoms with Crippen LogP contribution in [0.1, 0.15) is 72.6 Å². The van der Waals surface area contributed by atoms with Crippen molar-refractivity contribution in [3.8, 4) is 0 Å². The first kappa shape index (κ1) is 18.0. The van der Waals surface area contributed by atoms with E-state index in [9.17, 15) is 0 Å². The third-order valence-electron chi connectivity index (χ3n) is 5.21. The lowest BCUT2D eigenvalue weighted by atomic mass is 9.63. The van der Waals surface area contributed by atoms with Gasteiger partial charge in [-0.2, -0.15) is 0 Å². The summed E-state index contributed by atoms with van der Waals surface area (Å²) in [6.07, 6.45) is 27.8. The molecule has 0 aromatic carbocycles. The lowest BCUT2D eigenvalue weighted by Gasteiger charge is -2.41. The molecule has 0 spiro atoms. The van der Waals surface area contributed by atoms with Crippen LogP contribution in [0.3, 0.4) is 0 Å². The quantitative estimate of drug-likeness (QED) is 0.467. The van der Waals surface area contributed by atoms with E-state index in [1.54, 1.807) is 5.57 Å². The van der Waals surface area contributed by atoms with Gasteiger partial charge in [0.05, 0.1) is 0 Å². The van der Waals surface area contributed by atoms with Crippen LogP contribution in [0, 0.1) is 10.8 Å². The van der Waals surface area contributed by atoms with Crippen LogP contribution in [0.15, 0.2) is 59.8 Å². The van der Waals surface area contributed by atoms with Crippen molar-refractivity contribution in [3.05, 3.63) is 59.8 Å². The van der Waals surface area contributed by atoms with Gasteiger partial charge in [0.2, 0.25) is 0 Å². The van der Waals surface area contributed by atoms with Crippen LogP contribution in [-0.4, -0.2) is 0 Å². The predicted octanol–water partition coefficient (Wildman–Crippen LogP) is 7.32. The van der Waals surface area contributed by atoms with E-state index in [2.05, 4.69) is 76.3 Å². The van der Waals surface area contributed by atoms with E-state index in [1.165, 1.54) is 37.7 Å². The second-order valence-electron chi connectivity index (χ2n) is 7.66. The zero-order valence-corrected chi connectivity index (χ0v) is 15.6. The summed E-state index contributed by atoms with van der Waals surface area (Å²) in [5, 5.41) is 0. The molecular formula is C23H34. The lowest BCUT2D eigenvalue weighted by molar-refractivity contribution is 0.297. The molecule has 1 fully saturated rings. The van der Waals surface area contributed by atoms with E-state index in [4.69, 9.17) is 0 Å². The summed E-state index contributed by atoms with van der Waals surface area (Å²) in [5.74, 6) is 0. The van der Waals surface area contributed by atoms with Gasteiger partial charge in [0, 0.05) is 10.8 Å². The van der Waals surface area contributed by atoms with Crippen molar-refractivity contribution in [2.45, 2.75) is 72.6 Å². The van der Waals surface area contributed by atoms with Gasteiger partial charge in [-0.25, -0.2) is 0 Å². The average Bonchev–Trinajstić information content (AvgIpc) is 2.73. The van der Waals surface area contributed by atoms with E-state index in [0.717, 1.165) is 12.8 Å². The summed E-state index contributed by atoms with van der Waals surface area (Å²) in [6.45, 7) is 9.13. The van der Waals surface area contributed by atoms with Crippen molar-refractivity contribution in [3.63, 3.8) is 0 Å². The zero-order valence-electron chi connectivity index (χ0n) is 15.6. The zero-order chi connectivity index (χ0) is 16.8. The molecule has 2 rings (SSSR count). The third-order valence-corrected chi connectivity index (χ3v) is 5.21. The van der Waals surface area contributed by atoms with Crippen LogP contribution in [-0.2, 0) is 0 Å². The summed E-state index contributed by atoms with van der Waals surface area (Å²) in [7, 11) is 0. The van der Waals surface area contributed by atoms with Gasteiger partial charge < -0.3 is 0 Å². The Kier molecular flexibility index (Phi) is 6.27. The first-order valence-electron chi connectivity index (χ1n) is 9.50. The maximum atomic E-state index is 2.52. The summed E-state index contributed by atoms with van der Waals surface area (Å²) in [5.41, 5.74) is 3.44. The summed E-state index contributed by atoms with van der Waals surface area (Å²) >= 11 is 0. The van der Waals surface area contributed by atoms with Gasteiger partial charge in [0.25, 0.3) is 0 Å². The Hall–Kier alpha value is -1.30. The number of hydrogen-bond donors (Lipinski definition) is 0. The molecule has 0 N–H and O–H groups in total. The molecule has 0 saturated heterocycles. The van der Waals surface area contributed by atoms with E-state index >= 15 is 0 Å². The van der Waals surface area contributed by atoms with Crippen molar-refractivity contribution < 1.29 is 0 Å². The van der Waals surface area contributed by atoms with Gasteiger partial charge in [-0.15, -0.1) is 0 Å². The Morgan fingerprint density at radius 3 is 2.43 bits per heavy atom. The molecule has 0 radical (unpaired) electrons. The molecule has 0 amide bonds. The van der Waals surface area contributed by atoms with Gasteiger partial charge in [0.1, 0.15) is 0 Å². The number of allylic oxidation sites excluding steroid dienone is 10. The fraction of sp³-hybridized carbons (Fsp3) is 0.565. The van der Waals surface area contributed by atoms with Crippen molar-refractivity contribution in [2.24, 2.45) is 10.8 Å². The number of hydrogen-bond acceptors (Lipinski definition) is 0. The average molecular weight is 311 g/mol. The highest BCUT2D eigenvalue weighted by molar-refractivity contribution is 5.45. The van der Waals surface area contributed by atoms with E-state index in [0.29, 0.717) is 0 Å². The molecule has 126 valence electrons. The van der Waals surface area contributed by atoms with Crippen LogP contribution < -0.4 is 0 Å². The smallest absolute Gasteiger partial charge is 0.0196 e. The summed E-state index contributed by atoms with van der Waals surface area (Å²) in [4.78, 5) is 0. The Labute approximate surface area is 143 Å². The molecule has 2 aliphatic rings. The minimum Gasteiger partial charge on any atom is -0.0845 e. The van der Waals surface area contributed by atoms with Crippen molar-refractivity contribution in [1.29, 1.82) is 0 Å². The van der Waals surface area contributed by atoms with Crippen LogP contribution in [0.25, 0.3) is 0 Å². The summed E-state index contributed by atoms with van der Waals surface area (Å²) in [6, 6.07) is 0. The largest absolute Gasteiger partial charge is 0.0845 e. The van der Waals surface area contributed by atoms with Gasteiger partial charge in [0.15, 0.2) is 0 Å². The third kappa shape index (κ3) is 4.37. The molecule has 1 saturated carbocycles. The molecule has 2 aliphatic carbocycles. The molecule has 0 aromatic rings. The molecule has 0 bridgehead atoms. The first-order valence-corrected chi connectivity index (χ1v) is 9.50. The highest BCUT2D eigenvalue weighted by atomic mass is 14.4. The fourth-order valence-electron chi connectivity index (χ4n) is 4.04. The maximum Gasteiger partial charge on any atom is 0.0196 e. The van der Waals surface area contributed by atoms with Crippen LogP contribution in [0.5, 0.6) is 0 Å². The SMILES string of the molecule is CC/C=C\C(=C/CC)C1(C2=CC(C)(C)C=CC=C2)CCCCC1. The van der Waals surface area contributed by atoms with Gasteiger partial charge in [-0.05, 0) is 36.8 Å². The molecule has 0 heteroatoms. The standard InChI is InChI=1S/C23H34/c1-5-7-14-20(13-6-2)23(17-10-8-11-18-23)21-15-9-12-16-22(3,4)19-21/h7,9,12-16,19H,5-6,8,10-11,17-18H2,1-4H3/b14-7-,20-13+. The van der Waals surface area contributed by atoms with Crippen molar-refractivity contribution >= 4 is 0 Å².